The van der Waals surface area contributed by atoms with Gasteiger partial charge in [0.1, 0.15) is 0 Å². The molecule has 1 amide bonds. The molecule has 27 heavy (non-hydrogen) atoms. The summed E-state index contributed by atoms with van der Waals surface area (Å²) < 4.78 is 0. The number of anilines is 1. The van der Waals surface area contributed by atoms with Gasteiger partial charge in [0.25, 0.3) is 0 Å². The van der Waals surface area contributed by atoms with Crippen LogP contribution in [0.1, 0.15) is 75.5 Å². The lowest BCUT2D eigenvalue weighted by Crippen LogP contribution is -2.49. The topological polar surface area (TPSA) is 45.2 Å². The molecule has 0 spiro atoms. The lowest BCUT2D eigenvalue weighted by molar-refractivity contribution is -0.127. The standard InChI is InChI=1S/C23H33N3O/c27-22-8-4-12-26(22)13-5-11-24-18-15-20-21(25-16-18)14-17-6-3-10-23(20)9-2-1-7-19(17)23/h15-17,19,24H,1-14H2. The molecule has 2 saturated carbocycles. The summed E-state index contributed by atoms with van der Waals surface area (Å²) in [6, 6.07) is 2.45. The molecule has 3 atom stereocenters. The lowest BCUT2D eigenvalue weighted by Gasteiger charge is -2.55. The number of nitrogens with one attached hydrogen (secondary N) is 1. The normalized spacial score (nSPS) is 32.1. The Hall–Kier alpha value is -1.58. The molecule has 4 nitrogen and oxygen atoms in total. The molecular weight excluding hydrogens is 334 g/mol. The number of rotatable bonds is 5. The minimum absolute atomic E-state index is 0.333. The van der Waals surface area contributed by atoms with E-state index in [9.17, 15) is 4.79 Å². The van der Waals surface area contributed by atoms with Crippen molar-refractivity contribution in [1.29, 1.82) is 0 Å². The van der Waals surface area contributed by atoms with E-state index in [0.29, 0.717) is 11.3 Å². The van der Waals surface area contributed by atoms with Gasteiger partial charge in [-0.15, -0.1) is 0 Å². The zero-order chi connectivity index (χ0) is 18.3. The number of hydrogen-bond acceptors (Lipinski definition) is 3. The van der Waals surface area contributed by atoms with E-state index in [4.69, 9.17) is 4.98 Å². The van der Waals surface area contributed by atoms with Crippen LogP contribution in [-0.4, -0.2) is 35.4 Å². The van der Waals surface area contributed by atoms with Gasteiger partial charge in [-0.2, -0.15) is 0 Å². The van der Waals surface area contributed by atoms with E-state index in [2.05, 4.69) is 17.6 Å². The van der Waals surface area contributed by atoms with Crippen molar-refractivity contribution in [1.82, 2.24) is 9.88 Å². The van der Waals surface area contributed by atoms with Crippen LogP contribution in [0.5, 0.6) is 0 Å². The molecule has 5 rings (SSSR count). The molecule has 0 aromatic carbocycles. The second-order valence-corrected chi connectivity index (χ2v) is 9.35. The Labute approximate surface area is 163 Å². The fourth-order valence-electron chi connectivity index (χ4n) is 6.73. The summed E-state index contributed by atoms with van der Waals surface area (Å²) >= 11 is 0. The van der Waals surface area contributed by atoms with Gasteiger partial charge in [0.15, 0.2) is 0 Å². The summed E-state index contributed by atoms with van der Waals surface area (Å²) in [4.78, 5) is 18.7. The van der Waals surface area contributed by atoms with Crippen molar-refractivity contribution in [2.45, 2.75) is 76.0 Å². The number of amides is 1. The molecule has 3 fully saturated rings. The Bertz CT molecular complexity index is 714. The molecule has 4 aliphatic rings. The molecule has 1 aliphatic heterocycles. The summed E-state index contributed by atoms with van der Waals surface area (Å²) in [6.07, 6.45) is 15.9. The van der Waals surface area contributed by atoms with Gasteiger partial charge in [0.2, 0.25) is 5.91 Å². The predicted octanol–water partition coefficient (Wildman–Crippen LogP) is 4.29. The van der Waals surface area contributed by atoms with E-state index in [1.54, 1.807) is 5.56 Å². The van der Waals surface area contributed by atoms with Crippen molar-refractivity contribution < 1.29 is 4.79 Å². The quantitative estimate of drug-likeness (QED) is 0.790. The van der Waals surface area contributed by atoms with Crippen molar-refractivity contribution in [3.8, 4) is 0 Å². The Morgan fingerprint density at radius 3 is 3.00 bits per heavy atom. The van der Waals surface area contributed by atoms with Crippen LogP contribution in [0, 0.1) is 11.8 Å². The van der Waals surface area contributed by atoms with Gasteiger partial charge in [0.05, 0.1) is 11.9 Å². The highest BCUT2D eigenvalue weighted by molar-refractivity contribution is 5.78. The first-order valence-electron chi connectivity index (χ1n) is 11.3. The molecule has 1 saturated heterocycles. The van der Waals surface area contributed by atoms with Gasteiger partial charge in [-0.05, 0) is 68.4 Å². The van der Waals surface area contributed by atoms with Crippen molar-refractivity contribution in [2.75, 3.05) is 25.0 Å². The van der Waals surface area contributed by atoms with E-state index in [1.165, 1.54) is 62.7 Å². The maximum absolute atomic E-state index is 11.7. The average molecular weight is 368 g/mol. The van der Waals surface area contributed by atoms with E-state index >= 15 is 0 Å². The second kappa shape index (κ2) is 7.10. The van der Waals surface area contributed by atoms with E-state index < -0.39 is 0 Å². The maximum atomic E-state index is 11.7. The number of hydrogen-bond donors (Lipinski definition) is 1. The Balaban J connectivity index is 1.29. The molecule has 146 valence electrons. The second-order valence-electron chi connectivity index (χ2n) is 9.35. The number of carbonyl (C=O) groups is 1. The largest absolute Gasteiger partial charge is 0.384 e. The first kappa shape index (κ1) is 17.5. The zero-order valence-electron chi connectivity index (χ0n) is 16.5. The van der Waals surface area contributed by atoms with Crippen LogP contribution in [0.4, 0.5) is 5.69 Å². The smallest absolute Gasteiger partial charge is 0.222 e. The van der Waals surface area contributed by atoms with Crippen LogP contribution in [0.2, 0.25) is 0 Å². The van der Waals surface area contributed by atoms with Crippen LogP contribution < -0.4 is 5.32 Å². The molecule has 3 aliphatic carbocycles. The maximum Gasteiger partial charge on any atom is 0.222 e. The SMILES string of the molecule is O=C1CCCN1CCCNc1cnc2c(c1)C13CCCCC1C(CCC3)C2. The highest BCUT2D eigenvalue weighted by atomic mass is 16.2. The van der Waals surface area contributed by atoms with Crippen LogP contribution in [0.3, 0.4) is 0 Å². The average Bonchev–Trinajstić information content (AvgIpc) is 3.10. The monoisotopic (exact) mass is 367 g/mol. The number of fused-ring (bicyclic) bond motifs is 1. The van der Waals surface area contributed by atoms with Crippen molar-refractivity contribution in [3.63, 3.8) is 0 Å². The summed E-state index contributed by atoms with van der Waals surface area (Å²) in [7, 11) is 0. The van der Waals surface area contributed by atoms with Crippen molar-refractivity contribution in [2.24, 2.45) is 11.8 Å². The highest BCUT2D eigenvalue weighted by Gasteiger charge is 2.51. The molecule has 1 N–H and O–H groups in total. The Kier molecular flexibility index (Phi) is 4.61. The molecule has 3 unspecified atom stereocenters. The number of nitrogens with zero attached hydrogens (tertiary/aromatic N) is 2. The number of aromatic nitrogens is 1. The first-order chi connectivity index (χ1) is 13.3. The molecule has 2 heterocycles. The van der Waals surface area contributed by atoms with Gasteiger partial charge >= 0.3 is 0 Å². The third-order valence-corrected chi connectivity index (χ3v) is 7.93. The number of carbonyl (C=O) groups excluding carboxylic acids is 1. The van der Waals surface area contributed by atoms with E-state index in [-0.39, 0.29) is 0 Å². The molecule has 1 aromatic heterocycles. The molecule has 1 aromatic rings. The van der Waals surface area contributed by atoms with E-state index in [0.717, 1.165) is 50.7 Å². The molecule has 4 heteroatoms. The Morgan fingerprint density at radius 1 is 1.19 bits per heavy atom. The first-order valence-corrected chi connectivity index (χ1v) is 11.3. The van der Waals surface area contributed by atoms with Crippen LogP contribution in [0.15, 0.2) is 12.3 Å². The predicted molar refractivity (Wildman–Crippen MR) is 108 cm³/mol. The van der Waals surface area contributed by atoms with Crippen molar-refractivity contribution in [3.05, 3.63) is 23.5 Å². The minimum Gasteiger partial charge on any atom is -0.384 e. The summed E-state index contributed by atoms with van der Waals surface area (Å²) in [5, 5.41) is 3.60. The summed E-state index contributed by atoms with van der Waals surface area (Å²) in [6.45, 7) is 2.76. The lowest BCUT2D eigenvalue weighted by atomic mass is 9.49. The van der Waals surface area contributed by atoms with Gasteiger partial charge in [-0.25, -0.2) is 0 Å². The summed E-state index contributed by atoms with van der Waals surface area (Å²) in [5.74, 6) is 2.13. The van der Waals surface area contributed by atoms with Crippen LogP contribution in [0.25, 0.3) is 0 Å². The fraction of sp³-hybridized carbons (Fsp3) is 0.739. The summed E-state index contributed by atoms with van der Waals surface area (Å²) in [5.41, 5.74) is 4.60. The number of likely N-dealkylation sites (tertiary alicyclic amines) is 1. The van der Waals surface area contributed by atoms with Gasteiger partial charge in [-0.1, -0.05) is 19.3 Å². The third-order valence-electron chi connectivity index (χ3n) is 7.93. The fourth-order valence-corrected chi connectivity index (χ4v) is 6.73. The van der Waals surface area contributed by atoms with Crippen LogP contribution >= 0.6 is 0 Å². The number of pyridine rings is 1. The van der Waals surface area contributed by atoms with Gasteiger partial charge < -0.3 is 10.2 Å². The molecule has 2 bridgehead atoms. The zero-order valence-corrected chi connectivity index (χ0v) is 16.5. The van der Waals surface area contributed by atoms with Gasteiger partial charge in [-0.3, -0.25) is 9.78 Å². The molecule has 0 radical (unpaired) electrons. The highest BCUT2D eigenvalue weighted by Crippen LogP contribution is 2.58. The molecular formula is C23H33N3O. The van der Waals surface area contributed by atoms with Gasteiger partial charge in [0, 0.05) is 37.2 Å². The van der Waals surface area contributed by atoms with Crippen LogP contribution in [-0.2, 0) is 16.6 Å². The van der Waals surface area contributed by atoms with E-state index in [1.807, 2.05) is 4.90 Å². The van der Waals surface area contributed by atoms with Crippen molar-refractivity contribution >= 4 is 11.6 Å². The minimum atomic E-state index is 0.333. The Morgan fingerprint density at radius 2 is 2.11 bits per heavy atom. The third kappa shape index (κ3) is 3.05.